The first kappa shape index (κ1) is 23.2. The molecule has 36 heavy (non-hydrogen) atoms. The van der Waals surface area contributed by atoms with E-state index in [9.17, 15) is 0 Å². The lowest BCUT2D eigenvalue weighted by Gasteiger charge is -2.37. The molecule has 0 saturated heterocycles. The molecule has 0 fully saturated rings. The van der Waals surface area contributed by atoms with Crippen LogP contribution in [0.5, 0.6) is 0 Å². The topological polar surface area (TPSA) is 12.1 Å². The molecule has 3 nitrogen and oxygen atoms in total. The van der Waals surface area contributed by atoms with Crippen molar-refractivity contribution in [3.05, 3.63) is 89.7 Å². The number of anilines is 1. The normalized spacial score (nSPS) is 13.9. The van der Waals surface area contributed by atoms with E-state index in [0.717, 1.165) is 13.1 Å². The Bertz CT molecular complexity index is 1400. The van der Waals surface area contributed by atoms with Gasteiger partial charge in [-0.2, -0.15) is 0 Å². The molecular formula is C32H37BN3+. The molecule has 1 aromatic heterocycles. The van der Waals surface area contributed by atoms with Gasteiger partial charge in [0, 0.05) is 23.3 Å². The summed E-state index contributed by atoms with van der Waals surface area (Å²) in [5.74, 6) is 2.77. The van der Waals surface area contributed by atoms with Crippen LogP contribution >= 0.6 is 0 Å². The predicted octanol–water partition coefficient (Wildman–Crippen LogP) is 6.44. The van der Waals surface area contributed by atoms with E-state index in [0.29, 0.717) is 17.8 Å². The largest absolute Gasteiger partial charge is 0.537 e. The first-order chi connectivity index (χ1) is 17.3. The molecule has 0 aliphatic carbocycles. The minimum Gasteiger partial charge on any atom is -0.369 e. The third-order valence-electron chi connectivity index (χ3n) is 7.90. The standard InChI is InChI=1S/C32H37BN3/c1-21(2)19-36-29-14-10-13-25-20-34-15-16-35(32(34)30(25)29)33(36)31-27(22(3)4)17-26(18-28(31)23(5)6)24-11-8-7-9-12-24/h7-18,21-23H,19-20H2,1-6H3/q+1. The Labute approximate surface area is 216 Å². The summed E-state index contributed by atoms with van der Waals surface area (Å²) in [4.78, 5) is 2.70. The van der Waals surface area contributed by atoms with Gasteiger partial charge in [0.25, 0.3) is 5.82 Å². The Morgan fingerprint density at radius 2 is 1.53 bits per heavy atom. The monoisotopic (exact) mass is 474 g/mol. The zero-order valence-electron chi connectivity index (χ0n) is 22.5. The number of nitrogens with zero attached hydrogens (tertiary/aromatic N) is 3. The fourth-order valence-electron chi connectivity index (χ4n) is 6.36. The smallest absolute Gasteiger partial charge is 0.369 e. The van der Waals surface area contributed by atoms with E-state index >= 15 is 0 Å². The minimum atomic E-state index is 0.143. The van der Waals surface area contributed by atoms with E-state index in [1.807, 2.05) is 0 Å². The van der Waals surface area contributed by atoms with Crippen molar-refractivity contribution in [3.63, 3.8) is 0 Å². The quantitative estimate of drug-likeness (QED) is 0.258. The van der Waals surface area contributed by atoms with Crippen molar-refractivity contribution < 1.29 is 4.48 Å². The third-order valence-corrected chi connectivity index (χ3v) is 7.90. The molecule has 4 aromatic rings. The number of aromatic nitrogens is 2. The molecule has 4 heteroatoms. The molecule has 0 radical (unpaired) electrons. The fourth-order valence-corrected chi connectivity index (χ4v) is 6.36. The van der Waals surface area contributed by atoms with E-state index in [1.165, 1.54) is 50.4 Å². The van der Waals surface area contributed by atoms with Gasteiger partial charge in [-0.05, 0) is 46.1 Å². The molecule has 0 spiro atoms. The molecule has 2 aliphatic heterocycles. The van der Waals surface area contributed by atoms with Crippen LogP contribution in [-0.2, 0) is 6.54 Å². The highest BCUT2D eigenvalue weighted by Gasteiger charge is 2.49. The van der Waals surface area contributed by atoms with E-state index in [-0.39, 0.29) is 6.98 Å². The van der Waals surface area contributed by atoms with E-state index in [2.05, 4.69) is 128 Å². The van der Waals surface area contributed by atoms with Crippen molar-refractivity contribution in [3.8, 4) is 22.5 Å². The van der Waals surface area contributed by atoms with Crippen molar-refractivity contribution in [2.75, 3.05) is 11.4 Å². The molecule has 0 bridgehead atoms. The van der Waals surface area contributed by atoms with Gasteiger partial charge in [0.15, 0.2) is 0 Å². The Morgan fingerprint density at radius 1 is 0.833 bits per heavy atom. The van der Waals surface area contributed by atoms with Crippen LogP contribution in [0.2, 0.25) is 0 Å². The van der Waals surface area contributed by atoms with Crippen molar-refractivity contribution in [2.45, 2.75) is 59.9 Å². The molecular weight excluding hydrogens is 437 g/mol. The van der Waals surface area contributed by atoms with Crippen LogP contribution in [0.15, 0.2) is 73.1 Å². The van der Waals surface area contributed by atoms with Gasteiger partial charge >= 0.3 is 6.98 Å². The van der Waals surface area contributed by atoms with Crippen molar-refractivity contribution >= 4 is 18.1 Å². The first-order valence-corrected chi connectivity index (χ1v) is 13.6. The van der Waals surface area contributed by atoms with Gasteiger partial charge in [0.1, 0.15) is 18.9 Å². The molecule has 0 amide bonds. The summed E-state index contributed by atoms with van der Waals surface area (Å²) in [7, 11) is 0. The van der Waals surface area contributed by atoms with Crippen molar-refractivity contribution in [1.82, 2.24) is 4.57 Å². The maximum atomic E-state index is 2.70. The van der Waals surface area contributed by atoms with Gasteiger partial charge < -0.3 is 4.81 Å². The maximum Gasteiger partial charge on any atom is 0.537 e. The van der Waals surface area contributed by atoms with E-state index in [1.54, 1.807) is 0 Å². The van der Waals surface area contributed by atoms with Gasteiger partial charge in [-0.25, -0.2) is 4.57 Å². The Kier molecular flexibility index (Phi) is 5.59. The van der Waals surface area contributed by atoms with Gasteiger partial charge in [-0.15, -0.1) is 0 Å². The van der Waals surface area contributed by atoms with Crippen molar-refractivity contribution in [1.29, 1.82) is 0 Å². The minimum absolute atomic E-state index is 0.143. The molecule has 0 saturated carbocycles. The summed E-state index contributed by atoms with van der Waals surface area (Å²) in [5, 5.41) is 0. The molecule has 0 N–H and O–H groups in total. The lowest BCUT2D eigenvalue weighted by atomic mass is 9.57. The van der Waals surface area contributed by atoms with Gasteiger partial charge in [0.2, 0.25) is 0 Å². The van der Waals surface area contributed by atoms with Crippen LogP contribution in [0.4, 0.5) is 5.69 Å². The zero-order valence-corrected chi connectivity index (χ0v) is 22.5. The predicted molar refractivity (Wildman–Crippen MR) is 152 cm³/mol. The summed E-state index contributed by atoms with van der Waals surface area (Å²) in [6, 6.07) is 22.7. The fraction of sp³-hybridized carbons (Fsp3) is 0.344. The van der Waals surface area contributed by atoms with Gasteiger partial charge in [-0.1, -0.05) is 96.1 Å². The SMILES string of the molecule is CC(C)CN1B(c2c(C(C)C)cc(-c3ccccc3)cc2C(C)C)[n+]2ccn3c2-c2c(cccc21)C3. The number of hydrogen-bond donors (Lipinski definition) is 0. The van der Waals surface area contributed by atoms with Crippen LogP contribution in [0.3, 0.4) is 0 Å². The molecule has 182 valence electrons. The molecule has 2 aliphatic rings. The van der Waals surface area contributed by atoms with Crippen LogP contribution < -0.4 is 14.8 Å². The molecule has 3 heterocycles. The van der Waals surface area contributed by atoms with Crippen LogP contribution in [0.25, 0.3) is 22.5 Å². The first-order valence-electron chi connectivity index (χ1n) is 13.6. The lowest BCUT2D eigenvalue weighted by Crippen LogP contribution is -2.72. The van der Waals surface area contributed by atoms with Crippen molar-refractivity contribution in [2.24, 2.45) is 5.92 Å². The average Bonchev–Trinajstić information content (AvgIpc) is 3.43. The van der Waals surface area contributed by atoms with Gasteiger partial charge in [0.05, 0.1) is 5.56 Å². The molecule has 6 rings (SSSR count). The van der Waals surface area contributed by atoms with Crippen LogP contribution in [0, 0.1) is 5.92 Å². The average molecular weight is 474 g/mol. The highest BCUT2D eigenvalue weighted by Crippen LogP contribution is 2.41. The Hall–Kier alpha value is -3.27. The summed E-state index contributed by atoms with van der Waals surface area (Å²) < 4.78 is 5.01. The highest BCUT2D eigenvalue weighted by molar-refractivity contribution is 6.71. The number of hydrogen-bond acceptors (Lipinski definition) is 1. The number of rotatable bonds is 6. The molecule has 0 atom stereocenters. The van der Waals surface area contributed by atoms with E-state index < -0.39 is 0 Å². The second-order valence-corrected chi connectivity index (χ2v) is 11.6. The maximum absolute atomic E-state index is 2.70. The van der Waals surface area contributed by atoms with Gasteiger partial charge in [-0.3, -0.25) is 4.48 Å². The zero-order chi connectivity index (χ0) is 25.1. The lowest BCUT2D eigenvalue weighted by molar-refractivity contribution is -0.523. The second kappa shape index (κ2) is 8.69. The third kappa shape index (κ3) is 3.53. The number of benzene rings is 3. The summed E-state index contributed by atoms with van der Waals surface area (Å²) >= 11 is 0. The summed E-state index contributed by atoms with van der Waals surface area (Å²) in [5.41, 5.74) is 11.3. The summed E-state index contributed by atoms with van der Waals surface area (Å²) in [6.45, 7) is 16.2. The second-order valence-electron chi connectivity index (χ2n) is 11.6. The van der Waals surface area contributed by atoms with Crippen LogP contribution in [0.1, 0.15) is 70.1 Å². The van der Waals surface area contributed by atoms with Crippen LogP contribution in [-0.4, -0.2) is 18.1 Å². The van der Waals surface area contributed by atoms with E-state index in [4.69, 9.17) is 0 Å². The Balaban J connectivity index is 1.65. The molecule has 0 unspecified atom stereocenters. The summed E-state index contributed by atoms with van der Waals surface area (Å²) in [6.07, 6.45) is 4.61. The Morgan fingerprint density at radius 3 is 2.17 bits per heavy atom. The highest BCUT2D eigenvalue weighted by atomic mass is 15.3. The number of imidazole rings is 1. The molecule has 3 aromatic carbocycles.